The molecule has 0 unspecified atom stereocenters. The van der Waals surface area contributed by atoms with E-state index in [-0.39, 0.29) is 0 Å². The van der Waals surface area contributed by atoms with E-state index in [0.717, 1.165) is 46.9 Å². The molecule has 0 aliphatic carbocycles. The number of hydrogen-bond donors (Lipinski definition) is 1. The SMILES string of the molecule is O[C@@](Cn1cncn1)(c1ccc(F)cc1F)C(F)(F)c1cccs1. The third-order valence-electron chi connectivity index (χ3n) is 3.58. The van der Waals surface area contributed by atoms with E-state index in [0.29, 0.717) is 6.07 Å². The monoisotopic (exact) mass is 357 g/mol. The van der Waals surface area contributed by atoms with E-state index >= 15 is 8.78 Å². The van der Waals surface area contributed by atoms with Crippen LogP contribution in [0.25, 0.3) is 0 Å². The van der Waals surface area contributed by atoms with Crippen LogP contribution in [0.3, 0.4) is 0 Å². The average molecular weight is 357 g/mol. The molecule has 3 aromatic rings. The molecule has 4 nitrogen and oxygen atoms in total. The zero-order valence-electron chi connectivity index (χ0n) is 12.0. The number of hydrogen-bond acceptors (Lipinski definition) is 4. The summed E-state index contributed by atoms with van der Waals surface area (Å²) in [5, 5.41) is 15.9. The lowest BCUT2D eigenvalue weighted by atomic mass is 9.85. The maximum atomic E-state index is 15.0. The van der Waals surface area contributed by atoms with Gasteiger partial charge in [-0.25, -0.2) is 18.4 Å². The first kappa shape index (κ1) is 16.6. The van der Waals surface area contributed by atoms with Crippen molar-refractivity contribution < 1.29 is 22.7 Å². The van der Waals surface area contributed by atoms with Gasteiger partial charge in [-0.15, -0.1) is 11.3 Å². The zero-order chi connectivity index (χ0) is 17.4. The van der Waals surface area contributed by atoms with Crippen LogP contribution < -0.4 is 0 Å². The van der Waals surface area contributed by atoms with Gasteiger partial charge >= 0.3 is 5.92 Å². The van der Waals surface area contributed by atoms with Crippen LogP contribution in [0, 0.1) is 11.6 Å². The Bertz CT molecular complexity index is 823. The Balaban J connectivity index is 2.17. The number of thiophene rings is 1. The maximum absolute atomic E-state index is 15.0. The van der Waals surface area contributed by atoms with Crippen LogP contribution in [0.1, 0.15) is 10.4 Å². The topological polar surface area (TPSA) is 50.9 Å². The van der Waals surface area contributed by atoms with Crippen LogP contribution in [0.4, 0.5) is 17.6 Å². The quantitative estimate of drug-likeness (QED) is 0.713. The van der Waals surface area contributed by atoms with Crippen molar-refractivity contribution in [3.05, 3.63) is 70.4 Å². The Hall–Kier alpha value is -2.26. The van der Waals surface area contributed by atoms with Crippen LogP contribution in [0.2, 0.25) is 0 Å². The molecule has 0 saturated heterocycles. The second kappa shape index (κ2) is 5.99. The van der Waals surface area contributed by atoms with Crippen molar-refractivity contribution in [1.29, 1.82) is 0 Å². The molecule has 0 amide bonds. The van der Waals surface area contributed by atoms with Gasteiger partial charge in [0.2, 0.25) is 0 Å². The van der Waals surface area contributed by atoms with Gasteiger partial charge in [-0.3, -0.25) is 0 Å². The number of halogens is 4. The molecule has 0 fully saturated rings. The van der Waals surface area contributed by atoms with Gasteiger partial charge in [-0.05, 0) is 23.6 Å². The predicted octanol–water partition coefficient (Wildman–Crippen LogP) is 3.30. The van der Waals surface area contributed by atoms with Crippen molar-refractivity contribution in [3.63, 3.8) is 0 Å². The summed E-state index contributed by atoms with van der Waals surface area (Å²) in [7, 11) is 0. The molecule has 0 bridgehead atoms. The van der Waals surface area contributed by atoms with Gasteiger partial charge in [-0.1, -0.05) is 6.07 Å². The van der Waals surface area contributed by atoms with Gasteiger partial charge in [0.1, 0.15) is 24.3 Å². The first-order chi connectivity index (χ1) is 11.3. The molecule has 1 atom stereocenters. The van der Waals surface area contributed by atoms with Crippen molar-refractivity contribution in [2.24, 2.45) is 0 Å². The van der Waals surface area contributed by atoms with E-state index in [1.54, 1.807) is 0 Å². The fraction of sp³-hybridized carbons (Fsp3) is 0.200. The molecule has 1 aromatic carbocycles. The highest BCUT2D eigenvalue weighted by Crippen LogP contribution is 2.48. The predicted molar refractivity (Wildman–Crippen MR) is 78.5 cm³/mol. The molecule has 1 N–H and O–H groups in total. The van der Waals surface area contributed by atoms with Crippen LogP contribution in [-0.4, -0.2) is 19.9 Å². The van der Waals surface area contributed by atoms with Crippen LogP contribution in [0.5, 0.6) is 0 Å². The summed E-state index contributed by atoms with van der Waals surface area (Å²) >= 11 is 0.721. The summed E-state index contributed by atoms with van der Waals surface area (Å²) in [6, 6.07) is 4.60. The second-order valence-corrected chi connectivity index (χ2v) is 6.08. The standard InChI is InChI=1S/C15H11F4N3OS/c16-10-3-4-11(12(17)6-10)14(23,7-22-9-20-8-21-22)15(18,19)13-2-1-5-24-13/h1-6,8-9,23H,7H2/t14-/m0/s1. The molecule has 9 heteroatoms. The molecule has 0 saturated carbocycles. The van der Waals surface area contributed by atoms with Gasteiger partial charge in [-0.2, -0.15) is 13.9 Å². The minimum atomic E-state index is -3.84. The van der Waals surface area contributed by atoms with E-state index in [2.05, 4.69) is 10.1 Å². The Labute approximate surface area is 138 Å². The summed E-state index contributed by atoms with van der Waals surface area (Å²) in [5.74, 6) is -6.04. The molecule has 0 aliphatic rings. The molecule has 0 radical (unpaired) electrons. The lowest BCUT2D eigenvalue weighted by Gasteiger charge is -2.35. The molecular formula is C15H11F4N3OS. The Morgan fingerprint density at radius 3 is 2.58 bits per heavy atom. The third kappa shape index (κ3) is 2.69. The highest BCUT2D eigenvalue weighted by atomic mass is 32.1. The summed E-state index contributed by atoms with van der Waals surface area (Å²) in [4.78, 5) is 3.18. The van der Waals surface area contributed by atoms with Gasteiger partial charge < -0.3 is 5.11 Å². The Morgan fingerprint density at radius 2 is 2.00 bits per heavy atom. The lowest BCUT2D eigenvalue weighted by molar-refractivity contribution is -0.203. The summed E-state index contributed by atoms with van der Waals surface area (Å²) in [5.41, 5.74) is -3.71. The third-order valence-corrected chi connectivity index (χ3v) is 4.52. The summed E-state index contributed by atoms with van der Waals surface area (Å²) in [6.45, 7) is -0.763. The first-order valence-corrected chi connectivity index (χ1v) is 7.64. The zero-order valence-corrected chi connectivity index (χ0v) is 12.9. The molecule has 126 valence electrons. The number of benzene rings is 1. The highest BCUT2D eigenvalue weighted by molar-refractivity contribution is 7.10. The smallest absolute Gasteiger partial charge is 0.316 e. The molecule has 0 aliphatic heterocycles. The minimum absolute atomic E-state index is 0.450. The van der Waals surface area contributed by atoms with Crippen molar-refractivity contribution in [3.8, 4) is 0 Å². The molecule has 3 rings (SSSR count). The Kier molecular flexibility index (Phi) is 4.14. The summed E-state index contributed by atoms with van der Waals surface area (Å²) < 4.78 is 58.4. The van der Waals surface area contributed by atoms with Crippen molar-refractivity contribution in [2.75, 3.05) is 0 Å². The van der Waals surface area contributed by atoms with Crippen molar-refractivity contribution >= 4 is 11.3 Å². The fourth-order valence-electron chi connectivity index (χ4n) is 2.39. The van der Waals surface area contributed by atoms with E-state index in [1.807, 2.05) is 0 Å². The van der Waals surface area contributed by atoms with Crippen LogP contribution in [-0.2, 0) is 18.1 Å². The minimum Gasteiger partial charge on any atom is -0.377 e. The lowest BCUT2D eigenvalue weighted by Crippen LogP contribution is -2.47. The number of rotatable bonds is 5. The fourth-order valence-corrected chi connectivity index (χ4v) is 3.17. The number of nitrogens with zero attached hydrogens (tertiary/aromatic N) is 3. The van der Waals surface area contributed by atoms with Gasteiger partial charge in [0.25, 0.3) is 0 Å². The normalized spacial score (nSPS) is 14.5. The van der Waals surface area contributed by atoms with Crippen LogP contribution >= 0.6 is 11.3 Å². The first-order valence-electron chi connectivity index (χ1n) is 6.77. The number of aromatic nitrogens is 3. The number of alkyl halides is 2. The molecule has 2 aromatic heterocycles. The van der Waals surface area contributed by atoms with Crippen LogP contribution in [0.15, 0.2) is 48.4 Å². The van der Waals surface area contributed by atoms with Crippen molar-refractivity contribution in [1.82, 2.24) is 14.8 Å². The molecule has 2 heterocycles. The van der Waals surface area contributed by atoms with Gasteiger partial charge in [0.15, 0.2) is 5.60 Å². The van der Waals surface area contributed by atoms with Crippen molar-refractivity contribution in [2.45, 2.75) is 18.1 Å². The number of aliphatic hydroxyl groups is 1. The summed E-state index contributed by atoms with van der Waals surface area (Å²) in [6.07, 6.45) is 2.22. The maximum Gasteiger partial charge on any atom is 0.316 e. The van der Waals surface area contributed by atoms with E-state index in [4.69, 9.17) is 0 Å². The largest absolute Gasteiger partial charge is 0.377 e. The highest BCUT2D eigenvalue weighted by Gasteiger charge is 2.57. The second-order valence-electron chi connectivity index (χ2n) is 5.13. The van der Waals surface area contributed by atoms with E-state index < -0.39 is 40.1 Å². The molecule has 24 heavy (non-hydrogen) atoms. The van der Waals surface area contributed by atoms with Gasteiger partial charge in [0.05, 0.1) is 11.4 Å². The van der Waals surface area contributed by atoms with E-state index in [1.165, 1.54) is 11.4 Å². The average Bonchev–Trinajstić information content (AvgIpc) is 3.20. The molecule has 0 spiro atoms. The van der Waals surface area contributed by atoms with E-state index in [9.17, 15) is 13.9 Å². The Morgan fingerprint density at radius 1 is 1.21 bits per heavy atom. The molecular weight excluding hydrogens is 346 g/mol. The van der Waals surface area contributed by atoms with Gasteiger partial charge in [0, 0.05) is 11.6 Å².